The van der Waals surface area contributed by atoms with Crippen molar-refractivity contribution >= 4 is 10.0 Å². The number of rotatable bonds is 3. The van der Waals surface area contributed by atoms with Crippen molar-refractivity contribution in [1.29, 1.82) is 0 Å². The van der Waals surface area contributed by atoms with E-state index in [2.05, 4.69) is 4.72 Å². The third kappa shape index (κ3) is 2.30. The highest BCUT2D eigenvalue weighted by atomic mass is 32.2. The molecule has 1 aromatic carbocycles. The van der Waals surface area contributed by atoms with E-state index in [4.69, 9.17) is 5.73 Å². The molecule has 0 radical (unpaired) electrons. The minimum atomic E-state index is -3.45. The summed E-state index contributed by atoms with van der Waals surface area (Å²) in [5.41, 5.74) is 7.20. The van der Waals surface area contributed by atoms with E-state index < -0.39 is 10.0 Å². The molecule has 3 N–H and O–H groups in total. The second kappa shape index (κ2) is 4.58. The molecule has 3 rings (SSSR count). The number of nitrogens with two attached hydrogens (primary N) is 1. The summed E-state index contributed by atoms with van der Waals surface area (Å²) in [4.78, 5) is 0.327. The zero-order valence-electron chi connectivity index (χ0n) is 11.0. The van der Waals surface area contributed by atoms with Gasteiger partial charge in [-0.25, -0.2) is 13.1 Å². The molecule has 0 amide bonds. The summed E-state index contributed by atoms with van der Waals surface area (Å²) in [7, 11) is -3.45. The largest absolute Gasteiger partial charge is 0.326 e. The molecule has 4 atom stereocenters. The molecule has 1 aromatic rings. The first kappa shape index (κ1) is 13.1. The van der Waals surface area contributed by atoms with Crippen molar-refractivity contribution < 1.29 is 8.42 Å². The van der Waals surface area contributed by atoms with Gasteiger partial charge in [0.25, 0.3) is 0 Å². The molecule has 2 fully saturated rings. The molecular weight excluding hydrogens is 260 g/mol. The van der Waals surface area contributed by atoms with Crippen LogP contribution in [0.5, 0.6) is 0 Å². The van der Waals surface area contributed by atoms with Gasteiger partial charge in [0.2, 0.25) is 10.0 Å². The second-order valence-electron chi connectivity index (χ2n) is 5.87. The number of hydrogen-bond acceptors (Lipinski definition) is 3. The molecule has 0 aromatic heterocycles. The fourth-order valence-corrected chi connectivity index (χ4v) is 4.81. The maximum absolute atomic E-state index is 12.4. The van der Waals surface area contributed by atoms with Gasteiger partial charge in [0.15, 0.2) is 0 Å². The number of nitrogens with one attached hydrogen (secondary N) is 1. The summed E-state index contributed by atoms with van der Waals surface area (Å²) in [6.45, 7) is 1.94. The fraction of sp³-hybridized carbons (Fsp3) is 0.571. The van der Waals surface area contributed by atoms with Crippen LogP contribution >= 0.6 is 0 Å². The number of sulfonamides is 1. The predicted molar refractivity (Wildman–Crippen MR) is 74.1 cm³/mol. The Morgan fingerprint density at radius 1 is 1.16 bits per heavy atom. The van der Waals surface area contributed by atoms with Gasteiger partial charge in [0, 0.05) is 12.1 Å². The Morgan fingerprint density at radius 3 is 2.37 bits per heavy atom. The van der Waals surface area contributed by atoms with Crippen LogP contribution in [0, 0.1) is 18.8 Å². The zero-order valence-corrected chi connectivity index (χ0v) is 11.9. The number of aryl methyl sites for hydroxylation is 1. The number of benzene rings is 1. The highest BCUT2D eigenvalue weighted by Gasteiger charge is 2.47. The average Bonchev–Trinajstić information content (AvgIpc) is 2.93. The molecule has 5 heteroatoms. The molecule has 104 valence electrons. The molecular formula is C14H20N2O2S. The average molecular weight is 280 g/mol. The molecule has 2 aliphatic carbocycles. The maximum Gasteiger partial charge on any atom is 0.240 e. The minimum Gasteiger partial charge on any atom is -0.326 e. The van der Waals surface area contributed by atoms with Gasteiger partial charge in [-0.1, -0.05) is 17.7 Å². The molecule has 19 heavy (non-hydrogen) atoms. The van der Waals surface area contributed by atoms with Gasteiger partial charge in [-0.15, -0.1) is 0 Å². The summed E-state index contributed by atoms with van der Waals surface area (Å²) in [6.07, 6.45) is 3.32. The first-order chi connectivity index (χ1) is 8.97. The molecule has 2 saturated carbocycles. The Hall–Kier alpha value is -0.910. The molecule has 4 nitrogen and oxygen atoms in total. The topological polar surface area (TPSA) is 72.2 Å². The van der Waals surface area contributed by atoms with Gasteiger partial charge in [-0.3, -0.25) is 0 Å². The highest BCUT2D eigenvalue weighted by Crippen LogP contribution is 2.44. The monoisotopic (exact) mass is 280 g/mol. The molecule has 4 unspecified atom stereocenters. The van der Waals surface area contributed by atoms with Gasteiger partial charge >= 0.3 is 0 Å². The van der Waals surface area contributed by atoms with Crippen LogP contribution in [0.4, 0.5) is 0 Å². The van der Waals surface area contributed by atoms with Gasteiger partial charge in [-0.05, 0) is 50.2 Å². The summed E-state index contributed by atoms with van der Waals surface area (Å²) < 4.78 is 27.5. The van der Waals surface area contributed by atoms with Crippen LogP contribution in [0.25, 0.3) is 0 Å². The Balaban J connectivity index is 1.80. The third-order valence-electron chi connectivity index (χ3n) is 4.60. The summed E-state index contributed by atoms with van der Waals surface area (Å²) >= 11 is 0. The van der Waals surface area contributed by atoms with E-state index in [1.165, 1.54) is 0 Å². The van der Waals surface area contributed by atoms with Gasteiger partial charge < -0.3 is 5.73 Å². The van der Waals surface area contributed by atoms with E-state index in [9.17, 15) is 8.42 Å². The summed E-state index contributed by atoms with van der Waals surface area (Å²) in [5, 5.41) is 0. The van der Waals surface area contributed by atoms with Crippen LogP contribution in [0.1, 0.15) is 24.8 Å². The third-order valence-corrected chi connectivity index (χ3v) is 6.08. The van der Waals surface area contributed by atoms with Crippen molar-refractivity contribution in [3.8, 4) is 0 Å². The van der Waals surface area contributed by atoms with Crippen LogP contribution < -0.4 is 10.5 Å². The summed E-state index contributed by atoms with van der Waals surface area (Å²) in [5.74, 6) is 0.913. The van der Waals surface area contributed by atoms with Crippen LogP contribution in [0.2, 0.25) is 0 Å². The van der Waals surface area contributed by atoms with Gasteiger partial charge in [0.1, 0.15) is 0 Å². The van der Waals surface area contributed by atoms with E-state index in [0.717, 1.165) is 24.8 Å². The first-order valence-corrected chi connectivity index (χ1v) is 8.30. The van der Waals surface area contributed by atoms with Crippen LogP contribution in [-0.4, -0.2) is 20.5 Å². The first-order valence-electron chi connectivity index (χ1n) is 6.82. The van der Waals surface area contributed by atoms with E-state index in [-0.39, 0.29) is 12.1 Å². The fourth-order valence-electron chi connectivity index (χ4n) is 3.48. The number of hydrogen-bond donors (Lipinski definition) is 2. The lowest BCUT2D eigenvalue weighted by molar-refractivity contribution is 0.343. The van der Waals surface area contributed by atoms with Crippen molar-refractivity contribution in [2.24, 2.45) is 17.6 Å². The highest BCUT2D eigenvalue weighted by molar-refractivity contribution is 7.89. The minimum absolute atomic E-state index is 0.0287. The lowest BCUT2D eigenvalue weighted by Gasteiger charge is -2.28. The lowest BCUT2D eigenvalue weighted by atomic mass is 9.92. The second-order valence-corrected chi connectivity index (χ2v) is 7.58. The molecule has 2 aliphatic rings. The van der Waals surface area contributed by atoms with Crippen molar-refractivity contribution in [2.45, 2.75) is 43.2 Å². The maximum atomic E-state index is 12.4. The Morgan fingerprint density at radius 2 is 1.79 bits per heavy atom. The quantitative estimate of drug-likeness (QED) is 0.879. The molecule has 0 saturated heterocycles. The number of fused-ring (bicyclic) bond motifs is 2. The van der Waals surface area contributed by atoms with E-state index in [1.807, 2.05) is 19.1 Å². The van der Waals surface area contributed by atoms with Crippen molar-refractivity contribution in [3.05, 3.63) is 29.8 Å². The molecule has 0 spiro atoms. The zero-order chi connectivity index (χ0) is 13.6. The standard InChI is InChI=1S/C14H20N2O2S/c1-9-2-6-12(7-3-9)19(17,18)16-14-11-5-4-10(8-11)13(14)15/h2-3,6-7,10-11,13-14,16H,4-5,8,15H2,1H3. The normalized spacial score (nSPS) is 33.8. The SMILES string of the molecule is Cc1ccc(S(=O)(=O)NC2C3CCC(C3)C2N)cc1. The van der Waals surface area contributed by atoms with Crippen LogP contribution in [0.15, 0.2) is 29.2 Å². The van der Waals surface area contributed by atoms with Crippen LogP contribution in [-0.2, 0) is 10.0 Å². The Kier molecular flexibility index (Phi) is 3.15. The Bertz CT molecular complexity index is 566. The molecule has 0 aliphatic heterocycles. The van der Waals surface area contributed by atoms with E-state index in [0.29, 0.717) is 16.7 Å². The van der Waals surface area contributed by atoms with Gasteiger partial charge in [-0.2, -0.15) is 0 Å². The van der Waals surface area contributed by atoms with Crippen molar-refractivity contribution in [1.82, 2.24) is 4.72 Å². The Labute approximate surface area is 114 Å². The van der Waals surface area contributed by atoms with E-state index >= 15 is 0 Å². The summed E-state index contributed by atoms with van der Waals surface area (Å²) in [6, 6.07) is 6.81. The van der Waals surface area contributed by atoms with Crippen molar-refractivity contribution in [2.75, 3.05) is 0 Å². The van der Waals surface area contributed by atoms with Crippen molar-refractivity contribution in [3.63, 3.8) is 0 Å². The molecule has 2 bridgehead atoms. The predicted octanol–water partition coefficient (Wildman–Crippen LogP) is 1.40. The molecule has 0 heterocycles. The van der Waals surface area contributed by atoms with Gasteiger partial charge in [0.05, 0.1) is 4.90 Å². The van der Waals surface area contributed by atoms with E-state index in [1.54, 1.807) is 12.1 Å². The van der Waals surface area contributed by atoms with Crippen LogP contribution in [0.3, 0.4) is 0 Å². The smallest absolute Gasteiger partial charge is 0.240 e. The lowest BCUT2D eigenvalue weighted by Crippen LogP contribution is -2.50.